The molecule has 11 nitrogen and oxygen atoms in total. The van der Waals surface area contributed by atoms with Gasteiger partial charge in [0.05, 0.1) is 30.5 Å². The molecule has 3 aromatic rings. The monoisotopic (exact) mass is 492 g/mol. The van der Waals surface area contributed by atoms with Gasteiger partial charge in [-0.1, -0.05) is 12.1 Å². The van der Waals surface area contributed by atoms with Crippen molar-refractivity contribution in [2.75, 3.05) is 19.8 Å². The van der Waals surface area contributed by atoms with Crippen LogP contribution in [0.4, 0.5) is 0 Å². The molecule has 2 aliphatic carbocycles. The van der Waals surface area contributed by atoms with Gasteiger partial charge in [-0.15, -0.1) is 5.10 Å². The van der Waals surface area contributed by atoms with Crippen LogP contribution in [0.3, 0.4) is 0 Å². The van der Waals surface area contributed by atoms with Crippen LogP contribution in [-0.2, 0) is 20.8 Å². The Morgan fingerprint density at radius 2 is 2.17 bits per heavy atom. The Morgan fingerprint density at radius 3 is 2.86 bits per heavy atom. The van der Waals surface area contributed by atoms with Crippen molar-refractivity contribution in [3.63, 3.8) is 0 Å². The summed E-state index contributed by atoms with van der Waals surface area (Å²) >= 11 is 0. The topological polar surface area (TPSA) is 122 Å². The number of hydrogen-bond donors (Lipinski definition) is 1. The number of ether oxygens (including phenoxy) is 2. The van der Waals surface area contributed by atoms with E-state index in [4.69, 9.17) is 9.47 Å². The van der Waals surface area contributed by atoms with E-state index in [2.05, 4.69) is 43.1 Å². The van der Waals surface area contributed by atoms with Gasteiger partial charge in [-0.05, 0) is 73.1 Å². The summed E-state index contributed by atoms with van der Waals surface area (Å²) in [6.07, 6.45) is 8.94. The van der Waals surface area contributed by atoms with Crippen LogP contribution >= 0.6 is 0 Å². The Kier molecular flexibility index (Phi) is 6.04. The number of nitrogens with zero attached hydrogens (tertiary/aromatic N) is 7. The summed E-state index contributed by atoms with van der Waals surface area (Å²) in [4.78, 5) is 15.8. The van der Waals surface area contributed by atoms with Gasteiger partial charge in [0.25, 0.3) is 0 Å². The lowest BCUT2D eigenvalue weighted by Gasteiger charge is -2.45. The fourth-order valence-electron chi connectivity index (χ4n) is 6.07. The molecule has 6 rings (SSSR count). The normalized spacial score (nSPS) is 24.3. The van der Waals surface area contributed by atoms with Crippen molar-refractivity contribution in [3.8, 4) is 5.69 Å². The van der Waals surface area contributed by atoms with Crippen molar-refractivity contribution in [1.82, 2.24) is 40.3 Å². The summed E-state index contributed by atoms with van der Waals surface area (Å²) in [5, 5.41) is 20.7. The third-order valence-electron chi connectivity index (χ3n) is 8.27. The molecule has 1 aromatic carbocycles. The Balaban J connectivity index is 1.23. The minimum absolute atomic E-state index is 0.0533. The fraction of sp³-hybridized carbons (Fsp3) is 0.600. The number of carbonyl (C=O) groups excluding carboxylic acids is 1. The zero-order valence-corrected chi connectivity index (χ0v) is 20.5. The van der Waals surface area contributed by atoms with E-state index in [9.17, 15) is 4.79 Å². The third-order valence-corrected chi connectivity index (χ3v) is 8.27. The maximum Gasteiger partial charge on any atom is 0.305 e. The lowest BCUT2D eigenvalue weighted by atomic mass is 9.68. The molecule has 36 heavy (non-hydrogen) atoms. The molecule has 3 fully saturated rings. The highest BCUT2D eigenvalue weighted by Gasteiger charge is 2.73. The van der Waals surface area contributed by atoms with E-state index < -0.39 is 0 Å². The number of tetrazole rings is 1. The van der Waals surface area contributed by atoms with Crippen LogP contribution in [0.1, 0.15) is 62.9 Å². The number of benzene rings is 1. The van der Waals surface area contributed by atoms with Gasteiger partial charge < -0.3 is 14.8 Å². The molecule has 1 aliphatic heterocycles. The number of fused-ring (bicyclic) bond motifs is 2. The van der Waals surface area contributed by atoms with Gasteiger partial charge in [-0.2, -0.15) is 5.10 Å². The first-order valence-electron chi connectivity index (χ1n) is 12.9. The third kappa shape index (κ3) is 4.00. The average Bonchev–Trinajstić information content (AvgIpc) is 3.29. The maximum absolute atomic E-state index is 11.8. The second-order valence-electron chi connectivity index (χ2n) is 10.1. The van der Waals surface area contributed by atoms with Crippen molar-refractivity contribution in [2.24, 2.45) is 11.3 Å². The van der Waals surface area contributed by atoms with Crippen molar-refractivity contribution < 1.29 is 14.3 Å². The Labute approximate surface area is 209 Å². The number of aromatic nitrogens is 7. The first-order valence-corrected chi connectivity index (χ1v) is 12.9. The first kappa shape index (κ1) is 23.2. The smallest absolute Gasteiger partial charge is 0.305 e. The van der Waals surface area contributed by atoms with E-state index in [1.807, 2.05) is 19.1 Å². The van der Waals surface area contributed by atoms with E-state index in [-0.39, 0.29) is 23.0 Å². The largest absolute Gasteiger partial charge is 0.466 e. The lowest BCUT2D eigenvalue weighted by Crippen LogP contribution is -2.50. The summed E-state index contributed by atoms with van der Waals surface area (Å²) < 4.78 is 14.9. The number of hydrogen-bond acceptors (Lipinski definition) is 9. The molecule has 0 amide bonds. The molecule has 2 saturated carbocycles. The molecule has 3 heterocycles. The number of aryl methyl sites for hydroxylation is 1. The second-order valence-corrected chi connectivity index (χ2v) is 10.1. The van der Waals surface area contributed by atoms with E-state index in [1.165, 1.54) is 19.2 Å². The lowest BCUT2D eigenvalue weighted by molar-refractivity contribution is -0.143. The Morgan fingerprint density at radius 1 is 1.31 bits per heavy atom. The van der Waals surface area contributed by atoms with Gasteiger partial charge in [0.15, 0.2) is 5.82 Å². The Bertz CT molecular complexity index is 1190. The second kappa shape index (κ2) is 9.36. The highest BCUT2D eigenvalue weighted by Crippen LogP contribution is 2.71. The van der Waals surface area contributed by atoms with Crippen LogP contribution in [0.25, 0.3) is 5.69 Å². The van der Waals surface area contributed by atoms with Gasteiger partial charge in [0.2, 0.25) is 0 Å². The zero-order valence-electron chi connectivity index (χ0n) is 20.5. The number of esters is 1. The van der Waals surface area contributed by atoms with Gasteiger partial charge in [-0.3, -0.25) is 4.79 Å². The van der Waals surface area contributed by atoms with Crippen molar-refractivity contribution in [3.05, 3.63) is 48.3 Å². The highest BCUT2D eigenvalue weighted by atomic mass is 16.5. The predicted octanol–water partition coefficient (Wildman–Crippen LogP) is 2.24. The van der Waals surface area contributed by atoms with Gasteiger partial charge >= 0.3 is 5.97 Å². The van der Waals surface area contributed by atoms with Crippen LogP contribution in [0.5, 0.6) is 0 Å². The number of rotatable bonds is 11. The van der Waals surface area contributed by atoms with E-state index >= 15 is 0 Å². The molecule has 0 bridgehead atoms. The first-order chi connectivity index (χ1) is 17.6. The molecule has 11 heteroatoms. The molecular formula is C25H32N8O3. The predicted molar refractivity (Wildman–Crippen MR) is 128 cm³/mol. The maximum atomic E-state index is 11.8. The molecule has 0 radical (unpaired) electrons. The molecular weight excluding hydrogens is 460 g/mol. The zero-order chi connectivity index (χ0) is 24.6. The molecule has 1 spiro atoms. The Hall–Kier alpha value is -3.18. The average molecular weight is 493 g/mol. The summed E-state index contributed by atoms with van der Waals surface area (Å²) in [6.45, 7) is 4.49. The fourth-order valence-corrected chi connectivity index (χ4v) is 6.07. The van der Waals surface area contributed by atoms with Crippen LogP contribution in [0.2, 0.25) is 0 Å². The summed E-state index contributed by atoms with van der Waals surface area (Å²) in [5.74, 6) is 1.18. The van der Waals surface area contributed by atoms with Crippen LogP contribution < -0.4 is 5.32 Å². The number of carbonyl (C=O) groups is 1. The highest BCUT2D eigenvalue weighted by molar-refractivity contribution is 5.69. The van der Waals surface area contributed by atoms with Gasteiger partial charge in [0.1, 0.15) is 12.7 Å². The van der Waals surface area contributed by atoms with Crippen LogP contribution in [-0.4, -0.2) is 66.3 Å². The molecule has 190 valence electrons. The van der Waals surface area contributed by atoms with E-state index in [0.717, 1.165) is 43.1 Å². The number of nitrogens with one attached hydrogen (secondary N) is 1. The van der Waals surface area contributed by atoms with Crippen molar-refractivity contribution in [1.29, 1.82) is 0 Å². The summed E-state index contributed by atoms with van der Waals surface area (Å²) in [6, 6.07) is 8.02. The molecule has 2 aromatic heterocycles. The minimum Gasteiger partial charge on any atom is -0.466 e. The van der Waals surface area contributed by atoms with Crippen LogP contribution in [0, 0.1) is 11.3 Å². The minimum atomic E-state index is -0.198. The van der Waals surface area contributed by atoms with Crippen LogP contribution in [0.15, 0.2) is 36.9 Å². The quantitative estimate of drug-likeness (QED) is 0.402. The van der Waals surface area contributed by atoms with Crippen molar-refractivity contribution in [2.45, 2.75) is 63.6 Å². The summed E-state index contributed by atoms with van der Waals surface area (Å²) in [7, 11) is 0. The molecule has 1 N–H and O–H groups in total. The standard InChI is InChI=1S/C25H32N8O3/c1-2-35-21(34)5-3-12-32-23(29-30-31-32)22(18-6-8-20(9-7-18)33-17-26-16-28-33)27-15-24-13-19(24)14-36-25(24)10-4-11-25/h6-9,16-17,19,22,27H,2-5,10-15H2,1H3/t19-,22?,24+/m0/s1. The molecule has 1 saturated heterocycles. The van der Waals surface area contributed by atoms with E-state index in [1.54, 1.807) is 15.7 Å². The van der Waals surface area contributed by atoms with Crippen molar-refractivity contribution >= 4 is 5.97 Å². The van der Waals surface area contributed by atoms with E-state index in [0.29, 0.717) is 31.9 Å². The SMILES string of the molecule is CCOC(=O)CCCn1nnnc1C(NC[C@]12C[C@H]1COC21CCC1)c1ccc(-n2cncn2)cc1. The van der Waals surface area contributed by atoms with Gasteiger partial charge in [0, 0.05) is 24.9 Å². The summed E-state index contributed by atoms with van der Waals surface area (Å²) in [5.41, 5.74) is 2.27. The molecule has 3 aliphatic rings. The van der Waals surface area contributed by atoms with Gasteiger partial charge in [-0.25, -0.2) is 14.3 Å². The molecule has 3 atom stereocenters. The molecule has 1 unspecified atom stereocenters.